The van der Waals surface area contributed by atoms with E-state index >= 15 is 0 Å². The van der Waals surface area contributed by atoms with Crippen LogP contribution in [0, 0.1) is 11.8 Å². The van der Waals surface area contributed by atoms with Crippen molar-refractivity contribution in [1.29, 1.82) is 0 Å². The van der Waals surface area contributed by atoms with Crippen LogP contribution in [0.2, 0.25) is 0 Å². The molecule has 12 heteroatoms. The van der Waals surface area contributed by atoms with Gasteiger partial charge in [-0.05, 0) is 43.6 Å². The van der Waals surface area contributed by atoms with Gasteiger partial charge in [0.15, 0.2) is 0 Å². The van der Waals surface area contributed by atoms with Crippen LogP contribution in [-0.2, 0) is 25.6 Å². The van der Waals surface area contributed by atoms with Crippen LogP contribution in [0.4, 0.5) is 13.2 Å². The Balaban J connectivity index is 0.000000383. The molecule has 2 fully saturated rings. The summed E-state index contributed by atoms with van der Waals surface area (Å²) in [7, 11) is 0. The van der Waals surface area contributed by atoms with Crippen LogP contribution in [0.15, 0.2) is 12.3 Å². The van der Waals surface area contributed by atoms with Gasteiger partial charge in [0.2, 0.25) is 5.91 Å². The molecule has 0 saturated carbocycles. The van der Waals surface area contributed by atoms with E-state index in [-0.39, 0.29) is 11.9 Å². The molecule has 186 valence electrons. The Labute approximate surface area is 190 Å². The van der Waals surface area contributed by atoms with E-state index in [1.54, 1.807) is 0 Å². The summed E-state index contributed by atoms with van der Waals surface area (Å²) < 4.78 is 44.5. The molecule has 4 rings (SSSR count). The van der Waals surface area contributed by atoms with E-state index in [9.17, 15) is 18.0 Å². The number of hydrogen-bond acceptors (Lipinski definition) is 6. The summed E-state index contributed by atoms with van der Waals surface area (Å²) in [6, 6.07) is 1.81. The lowest BCUT2D eigenvalue weighted by Crippen LogP contribution is -2.47. The number of carboxylic acids is 1. The smallest absolute Gasteiger partial charge is 0.475 e. The van der Waals surface area contributed by atoms with Gasteiger partial charge in [0, 0.05) is 58.8 Å². The molecule has 1 aromatic rings. The number of alkyl halides is 3. The highest BCUT2D eigenvalue weighted by Crippen LogP contribution is 2.24. The molecule has 33 heavy (non-hydrogen) atoms. The molecule has 0 aromatic carbocycles. The van der Waals surface area contributed by atoms with Gasteiger partial charge in [0.1, 0.15) is 6.04 Å². The third-order valence-corrected chi connectivity index (χ3v) is 6.17. The van der Waals surface area contributed by atoms with Gasteiger partial charge in [-0.3, -0.25) is 14.4 Å². The quantitative estimate of drug-likeness (QED) is 0.668. The molecule has 0 radical (unpaired) electrons. The first-order valence-corrected chi connectivity index (χ1v) is 11.2. The predicted molar refractivity (Wildman–Crippen MR) is 110 cm³/mol. The molecular formula is C21H31F3N4O5. The minimum absolute atomic E-state index is 0.0955. The molecule has 1 aromatic heterocycles. The van der Waals surface area contributed by atoms with Crippen LogP contribution >= 0.6 is 0 Å². The fourth-order valence-corrected chi connectivity index (χ4v) is 4.30. The SMILES string of the molecule is O=C(NCC1CCOCC1)C1CN(CC2CCOCC2)Cc2ccnn21.O=C(O)C(F)(F)F. The topological polar surface area (TPSA) is 106 Å². The van der Waals surface area contributed by atoms with Crippen molar-refractivity contribution in [2.75, 3.05) is 46.1 Å². The molecule has 3 aliphatic heterocycles. The maximum atomic E-state index is 12.9. The molecule has 1 amide bonds. The number of nitrogens with one attached hydrogen (secondary N) is 1. The maximum absolute atomic E-state index is 12.9. The monoisotopic (exact) mass is 476 g/mol. The Kier molecular flexibility index (Phi) is 9.10. The van der Waals surface area contributed by atoms with Crippen molar-refractivity contribution in [3.8, 4) is 0 Å². The van der Waals surface area contributed by atoms with Crippen LogP contribution < -0.4 is 5.32 Å². The summed E-state index contributed by atoms with van der Waals surface area (Å²) in [5, 5.41) is 14.7. The van der Waals surface area contributed by atoms with Crippen molar-refractivity contribution >= 4 is 11.9 Å². The highest BCUT2D eigenvalue weighted by molar-refractivity contribution is 5.80. The molecule has 1 unspecified atom stereocenters. The number of rotatable bonds is 5. The number of carbonyl (C=O) groups is 2. The van der Waals surface area contributed by atoms with Gasteiger partial charge in [-0.2, -0.15) is 18.3 Å². The van der Waals surface area contributed by atoms with Crippen LogP contribution in [0.25, 0.3) is 0 Å². The van der Waals surface area contributed by atoms with Crippen LogP contribution in [0.1, 0.15) is 37.4 Å². The average molecular weight is 476 g/mol. The third-order valence-electron chi connectivity index (χ3n) is 6.17. The second-order valence-electron chi connectivity index (χ2n) is 8.64. The Morgan fingerprint density at radius 2 is 1.67 bits per heavy atom. The van der Waals surface area contributed by atoms with Gasteiger partial charge in [0.05, 0.1) is 5.69 Å². The fourth-order valence-electron chi connectivity index (χ4n) is 4.30. The van der Waals surface area contributed by atoms with Gasteiger partial charge in [-0.15, -0.1) is 0 Å². The van der Waals surface area contributed by atoms with Gasteiger partial charge in [-0.1, -0.05) is 0 Å². The molecule has 0 spiro atoms. The zero-order valence-electron chi connectivity index (χ0n) is 18.4. The number of amides is 1. The lowest BCUT2D eigenvalue weighted by atomic mass is 9.98. The van der Waals surface area contributed by atoms with Crippen molar-refractivity contribution in [2.24, 2.45) is 11.8 Å². The van der Waals surface area contributed by atoms with E-state index in [1.807, 2.05) is 16.9 Å². The standard InChI is InChI=1S/C19H30N4O3.C2HF3O2/c24-19(20-11-15-2-7-25-8-3-15)18-14-22(12-16-4-9-26-10-5-16)13-17-1-6-21-23(17)18;3-2(4,5)1(6)7/h1,6,15-16,18H,2-5,7-14H2,(H,20,24);(H,6,7). The van der Waals surface area contributed by atoms with Crippen molar-refractivity contribution in [3.63, 3.8) is 0 Å². The summed E-state index contributed by atoms with van der Waals surface area (Å²) in [6.07, 6.45) is 1.04. The van der Waals surface area contributed by atoms with Crippen LogP contribution in [-0.4, -0.2) is 83.9 Å². The number of aromatic nitrogens is 2. The molecule has 0 aliphatic carbocycles. The Morgan fingerprint density at radius 1 is 1.09 bits per heavy atom. The molecule has 4 heterocycles. The predicted octanol–water partition coefficient (Wildman–Crippen LogP) is 1.84. The summed E-state index contributed by atoms with van der Waals surface area (Å²) in [6.45, 7) is 6.76. The summed E-state index contributed by atoms with van der Waals surface area (Å²) >= 11 is 0. The van der Waals surface area contributed by atoms with Crippen molar-refractivity contribution in [3.05, 3.63) is 18.0 Å². The number of halogens is 3. The normalized spacial score (nSPS) is 22.7. The van der Waals surface area contributed by atoms with E-state index in [0.717, 1.165) is 84.0 Å². The number of hydrogen-bond donors (Lipinski definition) is 2. The number of carboxylic acid groups (broad SMARTS) is 1. The van der Waals surface area contributed by atoms with E-state index < -0.39 is 12.1 Å². The fraction of sp³-hybridized carbons (Fsp3) is 0.762. The Bertz CT molecular complexity index is 776. The summed E-state index contributed by atoms with van der Waals surface area (Å²) in [5.41, 5.74) is 1.13. The molecule has 3 aliphatic rings. The zero-order chi connectivity index (χ0) is 23.8. The second-order valence-corrected chi connectivity index (χ2v) is 8.64. The number of nitrogens with zero attached hydrogens (tertiary/aromatic N) is 3. The molecule has 9 nitrogen and oxygen atoms in total. The van der Waals surface area contributed by atoms with Gasteiger partial charge in [-0.25, -0.2) is 4.79 Å². The summed E-state index contributed by atoms with van der Waals surface area (Å²) in [5.74, 6) is -1.46. The minimum Gasteiger partial charge on any atom is -0.475 e. The number of carbonyl (C=O) groups excluding carboxylic acids is 1. The van der Waals surface area contributed by atoms with Crippen molar-refractivity contribution in [2.45, 2.75) is 44.4 Å². The van der Waals surface area contributed by atoms with Crippen LogP contribution in [0.3, 0.4) is 0 Å². The molecule has 1 atom stereocenters. The minimum atomic E-state index is -5.08. The van der Waals surface area contributed by atoms with Gasteiger partial charge < -0.3 is 19.9 Å². The van der Waals surface area contributed by atoms with Gasteiger partial charge >= 0.3 is 12.1 Å². The molecule has 2 N–H and O–H groups in total. The van der Waals surface area contributed by atoms with E-state index in [2.05, 4.69) is 15.3 Å². The number of ether oxygens (including phenoxy) is 2. The molecular weight excluding hydrogens is 445 g/mol. The van der Waals surface area contributed by atoms with E-state index in [0.29, 0.717) is 11.8 Å². The van der Waals surface area contributed by atoms with E-state index in [1.165, 1.54) is 0 Å². The van der Waals surface area contributed by atoms with Gasteiger partial charge in [0.25, 0.3) is 0 Å². The lowest BCUT2D eigenvalue weighted by molar-refractivity contribution is -0.192. The number of fused-ring (bicyclic) bond motifs is 1. The van der Waals surface area contributed by atoms with Crippen molar-refractivity contribution < 1.29 is 37.3 Å². The largest absolute Gasteiger partial charge is 0.490 e. The first-order valence-electron chi connectivity index (χ1n) is 11.2. The summed E-state index contributed by atoms with van der Waals surface area (Å²) in [4.78, 5) is 24.2. The second kappa shape index (κ2) is 11.8. The third kappa shape index (κ3) is 7.68. The van der Waals surface area contributed by atoms with Crippen LogP contribution in [0.5, 0.6) is 0 Å². The Morgan fingerprint density at radius 3 is 2.24 bits per heavy atom. The zero-order valence-corrected chi connectivity index (χ0v) is 18.4. The molecule has 2 saturated heterocycles. The number of aliphatic carboxylic acids is 1. The average Bonchev–Trinajstić information content (AvgIpc) is 3.27. The first kappa shape index (κ1) is 25.4. The van der Waals surface area contributed by atoms with Crippen molar-refractivity contribution in [1.82, 2.24) is 20.0 Å². The lowest BCUT2D eigenvalue weighted by Gasteiger charge is -2.36. The molecule has 0 bridgehead atoms. The van der Waals surface area contributed by atoms with E-state index in [4.69, 9.17) is 19.4 Å². The highest BCUT2D eigenvalue weighted by Gasteiger charge is 2.38. The Hall–Kier alpha value is -2.18. The first-order chi connectivity index (χ1) is 15.7. The highest BCUT2D eigenvalue weighted by atomic mass is 19.4. The maximum Gasteiger partial charge on any atom is 0.490 e.